The van der Waals surface area contributed by atoms with Crippen molar-refractivity contribution in [2.75, 3.05) is 5.32 Å². The number of aryl methyl sites for hydroxylation is 1. The molecule has 92 valence electrons. The van der Waals surface area contributed by atoms with E-state index in [9.17, 15) is 14.3 Å². The second kappa shape index (κ2) is 4.83. The van der Waals surface area contributed by atoms with Gasteiger partial charge in [0.1, 0.15) is 11.6 Å². The van der Waals surface area contributed by atoms with Gasteiger partial charge in [-0.1, -0.05) is 0 Å². The number of phenols is 1. The topological polar surface area (TPSA) is 62.2 Å². The molecule has 0 unspecified atom stereocenters. The first-order chi connectivity index (χ1) is 8.56. The molecule has 0 aliphatic heterocycles. The second-order valence-corrected chi connectivity index (χ2v) is 3.85. The van der Waals surface area contributed by atoms with Crippen LogP contribution in [0.25, 0.3) is 0 Å². The lowest BCUT2D eigenvalue weighted by Crippen LogP contribution is -2.13. The van der Waals surface area contributed by atoms with E-state index in [1.807, 2.05) is 0 Å². The van der Waals surface area contributed by atoms with Gasteiger partial charge in [-0.2, -0.15) is 0 Å². The Morgan fingerprint density at radius 3 is 2.78 bits per heavy atom. The predicted molar refractivity (Wildman–Crippen MR) is 65.0 cm³/mol. The summed E-state index contributed by atoms with van der Waals surface area (Å²) in [7, 11) is 0. The molecule has 0 atom stereocenters. The molecule has 2 rings (SSSR count). The molecule has 0 bridgehead atoms. The van der Waals surface area contributed by atoms with Crippen LogP contribution in [0.2, 0.25) is 0 Å². The zero-order chi connectivity index (χ0) is 13.1. The molecule has 0 aliphatic rings. The smallest absolute Gasteiger partial charge is 0.257 e. The van der Waals surface area contributed by atoms with Gasteiger partial charge in [0, 0.05) is 11.9 Å². The van der Waals surface area contributed by atoms with E-state index in [2.05, 4.69) is 10.3 Å². The lowest BCUT2D eigenvalue weighted by Gasteiger charge is -2.08. The first-order valence-corrected chi connectivity index (χ1v) is 5.28. The summed E-state index contributed by atoms with van der Waals surface area (Å²) in [6, 6.07) is 5.68. The van der Waals surface area contributed by atoms with Crippen molar-refractivity contribution < 1.29 is 14.3 Å². The Hall–Kier alpha value is -2.43. The van der Waals surface area contributed by atoms with Gasteiger partial charge in [0.05, 0.1) is 11.8 Å². The van der Waals surface area contributed by atoms with Crippen LogP contribution in [0.5, 0.6) is 5.75 Å². The third-order valence-electron chi connectivity index (χ3n) is 2.43. The number of carbonyl (C=O) groups excluding carboxylic acids is 1. The van der Waals surface area contributed by atoms with E-state index in [4.69, 9.17) is 0 Å². The Balaban J connectivity index is 2.21. The summed E-state index contributed by atoms with van der Waals surface area (Å²) < 4.78 is 12.9. The fraction of sp³-hybridized carbons (Fsp3) is 0.0769. The monoisotopic (exact) mass is 246 g/mol. The Morgan fingerprint density at radius 1 is 1.33 bits per heavy atom. The van der Waals surface area contributed by atoms with Gasteiger partial charge >= 0.3 is 0 Å². The largest absolute Gasteiger partial charge is 0.508 e. The highest BCUT2D eigenvalue weighted by atomic mass is 19.1. The number of rotatable bonds is 2. The summed E-state index contributed by atoms with van der Waals surface area (Å²) in [5.74, 6) is -0.890. The van der Waals surface area contributed by atoms with Gasteiger partial charge in [0.25, 0.3) is 5.91 Å². The van der Waals surface area contributed by atoms with Gasteiger partial charge in [-0.05, 0) is 36.8 Å². The van der Waals surface area contributed by atoms with Crippen molar-refractivity contribution in [2.45, 2.75) is 6.92 Å². The Labute approximate surface area is 103 Å². The highest BCUT2D eigenvalue weighted by Gasteiger charge is 2.09. The van der Waals surface area contributed by atoms with Crippen LogP contribution in [-0.4, -0.2) is 16.0 Å². The quantitative estimate of drug-likeness (QED) is 0.800. The number of hydrogen-bond donors (Lipinski definition) is 2. The van der Waals surface area contributed by atoms with Gasteiger partial charge < -0.3 is 10.4 Å². The molecule has 0 spiro atoms. The van der Waals surface area contributed by atoms with Crippen molar-refractivity contribution in [3.05, 3.63) is 53.6 Å². The highest BCUT2D eigenvalue weighted by molar-refractivity contribution is 6.04. The molecule has 2 N–H and O–H groups in total. The average molecular weight is 246 g/mol. The first kappa shape index (κ1) is 12.0. The third-order valence-corrected chi connectivity index (χ3v) is 2.43. The number of pyridine rings is 1. The molecule has 0 saturated heterocycles. The molecular weight excluding hydrogens is 235 g/mol. The fourth-order valence-electron chi connectivity index (χ4n) is 1.52. The van der Waals surface area contributed by atoms with Crippen LogP contribution in [0.3, 0.4) is 0 Å². The molecule has 1 amide bonds. The number of hydrogen-bond acceptors (Lipinski definition) is 3. The molecule has 1 heterocycles. The average Bonchev–Trinajstić information content (AvgIpc) is 2.32. The van der Waals surface area contributed by atoms with Crippen LogP contribution >= 0.6 is 0 Å². The van der Waals surface area contributed by atoms with E-state index in [-0.39, 0.29) is 11.3 Å². The van der Waals surface area contributed by atoms with Gasteiger partial charge in [-0.25, -0.2) is 4.39 Å². The molecule has 0 fully saturated rings. The van der Waals surface area contributed by atoms with Crippen LogP contribution in [0.15, 0.2) is 36.7 Å². The maximum Gasteiger partial charge on any atom is 0.257 e. The maximum atomic E-state index is 12.9. The van der Waals surface area contributed by atoms with Crippen LogP contribution in [0.1, 0.15) is 15.9 Å². The summed E-state index contributed by atoms with van der Waals surface area (Å²) in [6.07, 6.45) is 2.32. The van der Waals surface area contributed by atoms with Gasteiger partial charge in [0.15, 0.2) is 0 Å². The SMILES string of the molecule is Cc1cc(O)ccc1NC(=O)c1cncc(F)c1. The van der Waals surface area contributed by atoms with Gasteiger partial charge in [-0.3, -0.25) is 9.78 Å². The van der Waals surface area contributed by atoms with E-state index in [0.29, 0.717) is 11.3 Å². The number of nitrogens with one attached hydrogen (secondary N) is 1. The first-order valence-electron chi connectivity index (χ1n) is 5.28. The predicted octanol–water partition coefficient (Wildman–Crippen LogP) is 2.49. The van der Waals surface area contributed by atoms with Crippen molar-refractivity contribution in [3.63, 3.8) is 0 Å². The summed E-state index contributed by atoms with van der Waals surface area (Å²) in [5, 5.41) is 11.9. The van der Waals surface area contributed by atoms with E-state index in [0.717, 1.165) is 12.3 Å². The van der Waals surface area contributed by atoms with Crippen molar-refractivity contribution in [2.24, 2.45) is 0 Å². The fourth-order valence-corrected chi connectivity index (χ4v) is 1.52. The van der Waals surface area contributed by atoms with E-state index >= 15 is 0 Å². The Bertz CT molecular complexity index is 599. The minimum atomic E-state index is -0.565. The normalized spacial score (nSPS) is 10.1. The van der Waals surface area contributed by atoms with Crippen molar-refractivity contribution in [1.29, 1.82) is 0 Å². The Morgan fingerprint density at radius 2 is 2.11 bits per heavy atom. The molecular formula is C13H11FN2O2. The van der Waals surface area contributed by atoms with Crippen molar-refractivity contribution in [3.8, 4) is 5.75 Å². The number of phenolic OH excluding ortho intramolecular Hbond substituents is 1. The number of anilines is 1. The van der Waals surface area contributed by atoms with Gasteiger partial charge in [0.2, 0.25) is 0 Å². The maximum absolute atomic E-state index is 12.9. The minimum absolute atomic E-state index is 0.123. The molecule has 0 radical (unpaired) electrons. The second-order valence-electron chi connectivity index (χ2n) is 3.85. The zero-order valence-corrected chi connectivity index (χ0v) is 9.64. The molecule has 5 heteroatoms. The standard InChI is InChI=1S/C13H11FN2O2/c1-8-4-11(17)2-3-12(8)16-13(18)9-5-10(14)7-15-6-9/h2-7,17H,1H3,(H,16,18). The van der Waals surface area contributed by atoms with Crippen LogP contribution < -0.4 is 5.32 Å². The van der Waals surface area contributed by atoms with Crippen molar-refractivity contribution in [1.82, 2.24) is 4.98 Å². The third kappa shape index (κ3) is 2.63. The summed E-state index contributed by atoms with van der Waals surface area (Å²) in [5.41, 5.74) is 1.41. The zero-order valence-electron chi connectivity index (χ0n) is 9.64. The van der Waals surface area contributed by atoms with Crippen LogP contribution in [0, 0.1) is 12.7 Å². The molecule has 18 heavy (non-hydrogen) atoms. The minimum Gasteiger partial charge on any atom is -0.508 e. The summed E-state index contributed by atoms with van der Waals surface area (Å²) in [6.45, 7) is 1.75. The lowest BCUT2D eigenvalue weighted by molar-refractivity contribution is 0.102. The van der Waals surface area contributed by atoms with E-state index in [1.165, 1.54) is 18.3 Å². The van der Waals surface area contributed by atoms with Crippen molar-refractivity contribution >= 4 is 11.6 Å². The summed E-state index contributed by atoms with van der Waals surface area (Å²) in [4.78, 5) is 15.4. The number of carbonyl (C=O) groups is 1. The molecule has 2 aromatic rings. The Kier molecular flexibility index (Phi) is 3.23. The van der Waals surface area contributed by atoms with Crippen LogP contribution in [0.4, 0.5) is 10.1 Å². The number of aromatic nitrogens is 1. The number of amides is 1. The highest BCUT2D eigenvalue weighted by Crippen LogP contribution is 2.20. The van der Waals surface area contributed by atoms with E-state index < -0.39 is 11.7 Å². The summed E-state index contributed by atoms with van der Waals surface area (Å²) >= 11 is 0. The molecule has 0 aliphatic carbocycles. The molecule has 1 aromatic heterocycles. The van der Waals surface area contributed by atoms with Gasteiger partial charge in [-0.15, -0.1) is 0 Å². The molecule has 0 saturated carbocycles. The lowest BCUT2D eigenvalue weighted by atomic mass is 10.1. The van der Waals surface area contributed by atoms with E-state index in [1.54, 1.807) is 13.0 Å². The number of aromatic hydroxyl groups is 1. The number of nitrogens with zero attached hydrogens (tertiary/aromatic N) is 1. The number of halogens is 1. The molecule has 4 nitrogen and oxygen atoms in total. The molecule has 1 aromatic carbocycles. The van der Waals surface area contributed by atoms with Crippen LogP contribution in [-0.2, 0) is 0 Å². The number of benzene rings is 1.